The van der Waals surface area contributed by atoms with E-state index in [1.165, 1.54) is 29.2 Å². The van der Waals surface area contributed by atoms with Crippen LogP contribution < -0.4 is 0 Å². The molecule has 0 spiro atoms. The maximum atomic E-state index is 12.1. The average molecular weight is 278 g/mol. The topological polar surface area (TPSA) is 66.9 Å². The number of nitrogens with zero attached hydrogens (tertiary/aromatic N) is 2. The molecule has 1 fully saturated rings. The van der Waals surface area contributed by atoms with Crippen molar-refractivity contribution in [1.29, 1.82) is 0 Å². The number of methoxy groups -OCH3 is 1. The summed E-state index contributed by atoms with van der Waals surface area (Å²) in [6.07, 6.45) is 3.47. The molecule has 0 amide bonds. The molecule has 1 aliphatic rings. The number of rotatable bonds is 7. The zero-order valence-electron chi connectivity index (χ0n) is 11.3. The highest BCUT2D eigenvalue weighted by Crippen LogP contribution is 2.27. The van der Waals surface area contributed by atoms with E-state index in [2.05, 4.69) is 4.74 Å². The summed E-state index contributed by atoms with van der Waals surface area (Å²) in [7, 11) is 0.903. The second-order valence-corrected chi connectivity index (χ2v) is 6.88. The van der Waals surface area contributed by atoms with Crippen molar-refractivity contribution in [3.05, 3.63) is 0 Å². The van der Waals surface area contributed by atoms with Gasteiger partial charge in [-0.2, -0.15) is 17.0 Å². The van der Waals surface area contributed by atoms with Crippen LogP contribution in [0.5, 0.6) is 0 Å². The number of carbonyl (C=O) groups is 1. The molecule has 0 saturated heterocycles. The Morgan fingerprint density at radius 3 is 2.33 bits per heavy atom. The van der Waals surface area contributed by atoms with Crippen LogP contribution in [0.3, 0.4) is 0 Å². The standard InChI is InChI=1S/C11H22N2O4S/c1-12(8-7-11(14)17-3)18(15,16)13(2)9-10-5-4-6-10/h10H,4-9H2,1-3H3. The van der Waals surface area contributed by atoms with Crippen LogP contribution in [-0.4, -0.2) is 57.3 Å². The maximum Gasteiger partial charge on any atom is 0.306 e. The van der Waals surface area contributed by atoms with Crippen LogP contribution in [0.1, 0.15) is 25.7 Å². The smallest absolute Gasteiger partial charge is 0.306 e. The molecule has 18 heavy (non-hydrogen) atoms. The Labute approximate surface area is 109 Å². The van der Waals surface area contributed by atoms with Crippen LogP contribution in [0, 0.1) is 5.92 Å². The van der Waals surface area contributed by atoms with E-state index in [4.69, 9.17) is 0 Å². The number of ether oxygens (including phenoxy) is 1. The van der Waals surface area contributed by atoms with Gasteiger partial charge in [-0.05, 0) is 18.8 Å². The second-order valence-electron chi connectivity index (χ2n) is 4.73. The fourth-order valence-electron chi connectivity index (χ4n) is 1.84. The summed E-state index contributed by atoms with van der Waals surface area (Å²) in [5, 5.41) is 0. The lowest BCUT2D eigenvalue weighted by atomic mass is 9.86. The molecule has 0 N–H and O–H groups in total. The Bertz CT molecular complexity index is 379. The van der Waals surface area contributed by atoms with Crippen LogP contribution in [0.15, 0.2) is 0 Å². The predicted molar refractivity (Wildman–Crippen MR) is 68.2 cm³/mol. The molecule has 0 atom stereocenters. The van der Waals surface area contributed by atoms with Crippen LogP contribution in [0.4, 0.5) is 0 Å². The SMILES string of the molecule is COC(=O)CCN(C)S(=O)(=O)N(C)CC1CCC1. The Morgan fingerprint density at radius 2 is 1.89 bits per heavy atom. The molecule has 0 aromatic rings. The summed E-state index contributed by atoms with van der Waals surface area (Å²) in [6, 6.07) is 0. The van der Waals surface area contributed by atoms with Crippen molar-refractivity contribution in [2.75, 3.05) is 34.3 Å². The van der Waals surface area contributed by atoms with E-state index in [0.29, 0.717) is 12.5 Å². The van der Waals surface area contributed by atoms with Crippen LogP contribution in [0.2, 0.25) is 0 Å². The van der Waals surface area contributed by atoms with Gasteiger partial charge in [-0.1, -0.05) is 6.42 Å². The van der Waals surface area contributed by atoms with Gasteiger partial charge in [-0.15, -0.1) is 0 Å². The summed E-state index contributed by atoms with van der Waals surface area (Å²) in [5.74, 6) is 0.0810. The summed E-state index contributed by atoms with van der Waals surface area (Å²) < 4.78 is 31.3. The first-order valence-electron chi connectivity index (χ1n) is 6.12. The normalized spacial score (nSPS) is 16.9. The highest BCUT2D eigenvalue weighted by atomic mass is 32.2. The van der Waals surface area contributed by atoms with E-state index < -0.39 is 16.2 Å². The molecule has 0 aliphatic heterocycles. The lowest BCUT2D eigenvalue weighted by Gasteiger charge is -2.31. The number of hydrogen-bond donors (Lipinski definition) is 0. The lowest BCUT2D eigenvalue weighted by molar-refractivity contribution is -0.140. The van der Waals surface area contributed by atoms with Crippen LogP contribution in [-0.2, 0) is 19.7 Å². The van der Waals surface area contributed by atoms with Gasteiger partial charge in [-0.25, -0.2) is 0 Å². The van der Waals surface area contributed by atoms with Crippen molar-refractivity contribution in [2.45, 2.75) is 25.7 Å². The van der Waals surface area contributed by atoms with Gasteiger partial charge in [0.15, 0.2) is 0 Å². The first-order valence-corrected chi connectivity index (χ1v) is 7.52. The Morgan fingerprint density at radius 1 is 1.28 bits per heavy atom. The molecule has 0 aromatic carbocycles. The van der Waals surface area contributed by atoms with Gasteiger partial charge in [0.05, 0.1) is 13.5 Å². The molecule has 7 heteroatoms. The molecular formula is C11H22N2O4S. The summed E-state index contributed by atoms with van der Waals surface area (Å²) in [6.45, 7) is 0.703. The quantitative estimate of drug-likeness (QED) is 0.634. The van der Waals surface area contributed by atoms with E-state index in [9.17, 15) is 13.2 Å². The molecular weight excluding hydrogens is 256 g/mol. The van der Waals surface area contributed by atoms with E-state index in [1.807, 2.05) is 0 Å². The number of hydrogen-bond acceptors (Lipinski definition) is 4. The van der Waals surface area contributed by atoms with Crippen molar-refractivity contribution in [1.82, 2.24) is 8.61 Å². The molecule has 1 aliphatic carbocycles. The maximum absolute atomic E-state index is 12.1. The van der Waals surface area contributed by atoms with E-state index in [1.54, 1.807) is 7.05 Å². The molecule has 0 unspecified atom stereocenters. The van der Waals surface area contributed by atoms with E-state index in [-0.39, 0.29) is 13.0 Å². The first kappa shape index (κ1) is 15.4. The third kappa shape index (κ3) is 3.93. The van der Waals surface area contributed by atoms with E-state index >= 15 is 0 Å². The molecule has 0 radical (unpaired) electrons. The highest BCUT2D eigenvalue weighted by Gasteiger charge is 2.28. The van der Waals surface area contributed by atoms with Gasteiger partial charge in [0.25, 0.3) is 10.2 Å². The third-order valence-electron chi connectivity index (χ3n) is 3.39. The van der Waals surface area contributed by atoms with Crippen molar-refractivity contribution in [2.24, 2.45) is 5.92 Å². The van der Waals surface area contributed by atoms with E-state index in [0.717, 1.165) is 12.8 Å². The Balaban J connectivity index is 2.46. The zero-order chi connectivity index (χ0) is 13.8. The van der Waals surface area contributed by atoms with Gasteiger partial charge in [-0.3, -0.25) is 4.79 Å². The molecule has 6 nitrogen and oxygen atoms in total. The number of esters is 1. The third-order valence-corrected chi connectivity index (χ3v) is 5.29. The second kappa shape index (κ2) is 6.49. The molecule has 106 valence electrons. The molecule has 1 saturated carbocycles. The summed E-state index contributed by atoms with van der Waals surface area (Å²) >= 11 is 0. The largest absolute Gasteiger partial charge is 0.469 e. The van der Waals surface area contributed by atoms with Crippen LogP contribution >= 0.6 is 0 Å². The van der Waals surface area contributed by atoms with Gasteiger partial charge in [0.2, 0.25) is 0 Å². The highest BCUT2D eigenvalue weighted by molar-refractivity contribution is 7.86. The van der Waals surface area contributed by atoms with Crippen molar-refractivity contribution >= 4 is 16.2 Å². The fraction of sp³-hybridized carbons (Fsp3) is 0.909. The first-order chi connectivity index (χ1) is 8.37. The fourth-order valence-corrected chi connectivity index (χ4v) is 3.03. The summed E-state index contributed by atoms with van der Waals surface area (Å²) in [5.41, 5.74) is 0. The van der Waals surface area contributed by atoms with Gasteiger partial charge in [0, 0.05) is 27.2 Å². The van der Waals surface area contributed by atoms with Crippen molar-refractivity contribution in [3.63, 3.8) is 0 Å². The minimum Gasteiger partial charge on any atom is -0.469 e. The molecule has 0 aromatic heterocycles. The van der Waals surface area contributed by atoms with Crippen molar-refractivity contribution < 1.29 is 17.9 Å². The minimum absolute atomic E-state index is 0.0729. The molecule has 0 heterocycles. The molecule has 1 rings (SSSR count). The van der Waals surface area contributed by atoms with Gasteiger partial charge in [0.1, 0.15) is 0 Å². The van der Waals surface area contributed by atoms with Gasteiger partial charge < -0.3 is 4.74 Å². The lowest BCUT2D eigenvalue weighted by Crippen LogP contribution is -2.43. The zero-order valence-corrected chi connectivity index (χ0v) is 12.1. The van der Waals surface area contributed by atoms with Crippen LogP contribution in [0.25, 0.3) is 0 Å². The Hall–Kier alpha value is -0.660. The summed E-state index contributed by atoms with van der Waals surface area (Å²) in [4.78, 5) is 11.0. The van der Waals surface area contributed by atoms with Crippen molar-refractivity contribution in [3.8, 4) is 0 Å². The monoisotopic (exact) mass is 278 g/mol. The average Bonchev–Trinajstić information content (AvgIpc) is 2.29. The Kier molecular flexibility index (Phi) is 5.55. The minimum atomic E-state index is -3.46. The number of carbonyl (C=O) groups excluding carboxylic acids is 1. The molecule has 0 bridgehead atoms. The van der Waals surface area contributed by atoms with Gasteiger partial charge >= 0.3 is 5.97 Å². The predicted octanol–water partition coefficient (Wildman–Crippen LogP) is 0.458.